The van der Waals surface area contributed by atoms with Gasteiger partial charge >= 0.3 is 0 Å². The molecule has 1 aliphatic carbocycles. The van der Waals surface area contributed by atoms with Crippen LogP contribution in [0, 0.1) is 12.7 Å². The van der Waals surface area contributed by atoms with Gasteiger partial charge in [-0.3, -0.25) is 9.59 Å². The average molecular weight is 434 g/mol. The number of halogens is 1. The van der Waals surface area contributed by atoms with E-state index >= 15 is 0 Å². The van der Waals surface area contributed by atoms with Gasteiger partial charge in [0.25, 0.3) is 11.5 Å². The number of hydrogen-bond donors (Lipinski definition) is 3. The average Bonchev–Trinajstić information content (AvgIpc) is 3.14. The number of amides is 1. The lowest BCUT2D eigenvalue weighted by molar-refractivity contribution is -0.142. The highest BCUT2D eigenvalue weighted by molar-refractivity contribution is 5.93. The second-order valence-corrected chi connectivity index (χ2v) is 9.06. The highest BCUT2D eigenvalue weighted by Gasteiger charge is 2.44. The Morgan fingerprint density at radius 3 is 2.84 bits per heavy atom. The number of rotatable bonds is 1. The van der Waals surface area contributed by atoms with Gasteiger partial charge in [-0.25, -0.2) is 9.37 Å². The Kier molecular flexibility index (Phi) is 3.81. The van der Waals surface area contributed by atoms with Gasteiger partial charge in [-0.05, 0) is 48.9 Å². The molecule has 7 nitrogen and oxygen atoms in total. The Morgan fingerprint density at radius 2 is 2.09 bits per heavy atom. The van der Waals surface area contributed by atoms with Crippen molar-refractivity contribution >= 4 is 16.8 Å². The minimum atomic E-state index is -1.77. The molecule has 0 saturated carbocycles. The van der Waals surface area contributed by atoms with Gasteiger partial charge in [0.2, 0.25) is 0 Å². The van der Waals surface area contributed by atoms with E-state index in [0.717, 1.165) is 22.1 Å². The van der Waals surface area contributed by atoms with Gasteiger partial charge in [-0.15, -0.1) is 0 Å². The molecule has 4 N–H and O–H groups in total. The summed E-state index contributed by atoms with van der Waals surface area (Å²) >= 11 is 0. The number of carbonyl (C=O) groups excluding carboxylic acids is 1. The molecule has 164 valence electrons. The Labute approximate surface area is 183 Å². The molecule has 32 heavy (non-hydrogen) atoms. The van der Waals surface area contributed by atoms with Crippen molar-refractivity contribution in [3.63, 3.8) is 0 Å². The fraction of sp³-hybridized carbons (Fsp3) is 0.375. The number of fused-ring (bicyclic) bond motifs is 5. The topological polar surface area (TPSA) is 110 Å². The van der Waals surface area contributed by atoms with E-state index in [1.54, 1.807) is 24.5 Å². The number of pyridine rings is 2. The van der Waals surface area contributed by atoms with E-state index in [-0.39, 0.29) is 30.4 Å². The molecule has 6 rings (SSSR count). The second kappa shape index (κ2) is 6.24. The van der Waals surface area contributed by atoms with Crippen molar-refractivity contribution in [3.8, 4) is 11.4 Å². The van der Waals surface area contributed by atoms with Crippen molar-refractivity contribution in [1.82, 2.24) is 14.9 Å². The number of carbonyl (C=O) groups is 1. The highest BCUT2D eigenvalue weighted by atomic mass is 19.1. The van der Waals surface area contributed by atoms with Crippen molar-refractivity contribution in [2.24, 2.45) is 5.73 Å². The minimum Gasteiger partial charge on any atom is -0.375 e. The predicted octanol–water partition coefficient (Wildman–Crippen LogP) is 2.05. The molecule has 2 aromatic heterocycles. The zero-order chi connectivity index (χ0) is 22.5. The van der Waals surface area contributed by atoms with Gasteiger partial charge in [0.15, 0.2) is 5.60 Å². The molecule has 0 bridgehead atoms. The van der Waals surface area contributed by atoms with Crippen LogP contribution in [0.4, 0.5) is 4.39 Å². The summed E-state index contributed by atoms with van der Waals surface area (Å²) in [7, 11) is 0. The maximum atomic E-state index is 14.7. The Morgan fingerprint density at radius 1 is 1.31 bits per heavy atom. The van der Waals surface area contributed by atoms with Crippen LogP contribution < -0.4 is 16.6 Å². The molecule has 8 heteroatoms. The van der Waals surface area contributed by atoms with Gasteiger partial charge in [-0.1, -0.05) is 6.92 Å². The van der Waals surface area contributed by atoms with Crippen LogP contribution in [0.25, 0.3) is 22.3 Å². The zero-order valence-electron chi connectivity index (χ0n) is 17.9. The van der Waals surface area contributed by atoms with Crippen LogP contribution in [0.5, 0.6) is 0 Å². The number of nitrogens with zero attached hydrogens (tertiary/aromatic N) is 2. The molecule has 0 fully saturated rings. The smallest absolute Gasteiger partial charge is 0.256 e. The third kappa shape index (κ3) is 2.23. The number of nitrogens with two attached hydrogens (primary N) is 1. The van der Waals surface area contributed by atoms with Gasteiger partial charge in [0.05, 0.1) is 23.4 Å². The van der Waals surface area contributed by atoms with Crippen molar-refractivity contribution in [3.05, 3.63) is 61.7 Å². The summed E-state index contributed by atoms with van der Waals surface area (Å²) in [5.74, 6) is -0.819. The van der Waals surface area contributed by atoms with Crippen LogP contribution in [0.15, 0.2) is 16.9 Å². The number of hydrogen-bond acceptors (Lipinski definition) is 5. The molecule has 1 amide bonds. The standard InChI is InChI=1S/C24H23FN4O3/c1-3-24(32)14-6-18-21-13(9-29(18)22(30)12(14)8-27-23(24)31)19-16(26)5-4-11-10(2)15(25)7-17(28-21)20(11)19/h6-7,16,32H,3-5,8-9,26H2,1-2H3,(H,27,31)/t16-,24+/m0/s1. The first-order chi connectivity index (χ1) is 15.3. The normalized spacial score (nSPS) is 23.0. The molecular formula is C24H23FN4O3. The van der Waals surface area contributed by atoms with Crippen molar-refractivity contribution in [1.29, 1.82) is 0 Å². The Balaban J connectivity index is 1.70. The first-order valence-electron chi connectivity index (χ1n) is 10.9. The van der Waals surface area contributed by atoms with Gasteiger partial charge < -0.3 is 20.7 Å². The molecule has 4 heterocycles. The van der Waals surface area contributed by atoms with Gasteiger partial charge in [-0.2, -0.15) is 0 Å². The van der Waals surface area contributed by atoms with E-state index in [0.29, 0.717) is 53.0 Å². The molecule has 0 saturated heterocycles. The molecule has 2 atom stereocenters. The monoisotopic (exact) mass is 434 g/mol. The molecule has 0 unspecified atom stereocenters. The number of aliphatic hydroxyl groups is 1. The maximum Gasteiger partial charge on any atom is 0.256 e. The molecule has 3 aliphatic rings. The molecular weight excluding hydrogens is 411 g/mol. The van der Waals surface area contributed by atoms with Crippen molar-refractivity contribution in [2.75, 3.05) is 0 Å². The van der Waals surface area contributed by atoms with Gasteiger partial charge in [0.1, 0.15) is 5.82 Å². The van der Waals surface area contributed by atoms with Crippen LogP contribution in [-0.4, -0.2) is 20.6 Å². The number of nitrogens with one attached hydrogen (secondary N) is 1. The molecule has 0 radical (unpaired) electrons. The fourth-order valence-electron chi connectivity index (χ4n) is 5.71. The van der Waals surface area contributed by atoms with E-state index in [1.807, 2.05) is 0 Å². The highest BCUT2D eigenvalue weighted by Crippen LogP contribution is 2.44. The maximum absolute atomic E-state index is 14.7. The zero-order valence-corrected chi connectivity index (χ0v) is 17.9. The Hall–Kier alpha value is -3.10. The summed E-state index contributed by atoms with van der Waals surface area (Å²) in [6, 6.07) is 2.91. The quantitative estimate of drug-likeness (QED) is 0.425. The van der Waals surface area contributed by atoms with E-state index in [9.17, 15) is 19.1 Å². The summed E-state index contributed by atoms with van der Waals surface area (Å²) in [5, 5.41) is 14.6. The molecule has 2 aliphatic heterocycles. The first kappa shape index (κ1) is 19.6. The van der Waals surface area contributed by atoms with Crippen LogP contribution >= 0.6 is 0 Å². The molecule has 3 aromatic rings. The fourth-order valence-corrected chi connectivity index (χ4v) is 5.71. The summed E-state index contributed by atoms with van der Waals surface area (Å²) in [5.41, 5.74) is 10.2. The Bertz CT molecular complexity index is 1440. The lowest BCUT2D eigenvalue weighted by atomic mass is 9.82. The summed E-state index contributed by atoms with van der Waals surface area (Å²) in [6.07, 6.45) is 1.52. The summed E-state index contributed by atoms with van der Waals surface area (Å²) in [6.45, 7) is 3.87. The lowest BCUT2D eigenvalue weighted by Gasteiger charge is -2.32. The number of benzene rings is 1. The van der Waals surface area contributed by atoms with E-state index < -0.39 is 11.5 Å². The van der Waals surface area contributed by atoms with Crippen molar-refractivity contribution in [2.45, 2.75) is 57.8 Å². The minimum absolute atomic E-state index is 0.0717. The molecule has 0 spiro atoms. The SMILES string of the molecule is CC[C@]1(O)C(=O)NCc2c1cc1n(c2=O)Cc2c-1nc1cc(F)c(C)c3c1c2[C@@H](N)CC3. The molecule has 1 aromatic carbocycles. The van der Waals surface area contributed by atoms with Crippen LogP contribution in [0.3, 0.4) is 0 Å². The largest absolute Gasteiger partial charge is 0.375 e. The summed E-state index contributed by atoms with van der Waals surface area (Å²) < 4.78 is 16.3. The van der Waals surface area contributed by atoms with E-state index in [1.165, 1.54) is 6.07 Å². The summed E-state index contributed by atoms with van der Waals surface area (Å²) in [4.78, 5) is 30.7. The predicted molar refractivity (Wildman–Crippen MR) is 117 cm³/mol. The van der Waals surface area contributed by atoms with Crippen LogP contribution in [0.1, 0.15) is 59.2 Å². The van der Waals surface area contributed by atoms with Crippen LogP contribution in [0.2, 0.25) is 0 Å². The van der Waals surface area contributed by atoms with Crippen LogP contribution in [-0.2, 0) is 29.9 Å². The second-order valence-electron chi connectivity index (χ2n) is 9.06. The lowest BCUT2D eigenvalue weighted by Crippen LogP contribution is -2.50. The first-order valence-corrected chi connectivity index (χ1v) is 10.9. The van der Waals surface area contributed by atoms with Crippen molar-refractivity contribution < 1.29 is 14.3 Å². The van der Waals surface area contributed by atoms with Gasteiger partial charge in [0, 0.05) is 40.7 Å². The number of aromatic nitrogens is 2. The van der Waals surface area contributed by atoms with E-state index in [2.05, 4.69) is 5.32 Å². The third-order valence-electron chi connectivity index (χ3n) is 7.54. The number of aryl methyl sites for hydroxylation is 1. The van der Waals surface area contributed by atoms with E-state index in [4.69, 9.17) is 10.7 Å². The third-order valence-corrected chi connectivity index (χ3v) is 7.54.